The van der Waals surface area contributed by atoms with Crippen LogP contribution in [0.5, 0.6) is 0 Å². The Morgan fingerprint density at radius 1 is 1.25 bits per heavy atom. The van der Waals surface area contributed by atoms with Gasteiger partial charge in [-0.25, -0.2) is 0 Å². The van der Waals surface area contributed by atoms with Gasteiger partial charge in [-0.1, -0.05) is 31.4 Å². The molecule has 1 spiro atoms. The SMILES string of the molecule is C=C1CC(=C)C2(CC(C3=CCCC=C3)C2)N1. The van der Waals surface area contributed by atoms with E-state index in [2.05, 4.69) is 36.7 Å². The van der Waals surface area contributed by atoms with Crippen molar-refractivity contribution in [3.8, 4) is 0 Å². The lowest BCUT2D eigenvalue weighted by molar-refractivity contribution is 0.197. The van der Waals surface area contributed by atoms with E-state index < -0.39 is 0 Å². The molecule has 0 aromatic carbocycles. The molecule has 1 N–H and O–H groups in total. The third kappa shape index (κ3) is 1.38. The van der Waals surface area contributed by atoms with E-state index in [4.69, 9.17) is 0 Å². The molecule has 1 nitrogen and oxygen atoms in total. The minimum atomic E-state index is 0.202. The Morgan fingerprint density at radius 3 is 2.62 bits per heavy atom. The van der Waals surface area contributed by atoms with E-state index in [1.54, 1.807) is 5.57 Å². The van der Waals surface area contributed by atoms with Gasteiger partial charge < -0.3 is 5.32 Å². The summed E-state index contributed by atoms with van der Waals surface area (Å²) in [5.74, 6) is 0.742. The summed E-state index contributed by atoms with van der Waals surface area (Å²) in [6.07, 6.45) is 12.8. The van der Waals surface area contributed by atoms with E-state index in [1.807, 2.05) is 0 Å². The van der Waals surface area contributed by atoms with Gasteiger partial charge in [-0.3, -0.25) is 0 Å². The van der Waals surface area contributed by atoms with Crippen molar-refractivity contribution in [3.63, 3.8) is 0 Å². The molecule has 84 valence electrons. The highest BCUT2D eigenvalue weighted by atomic mass is 15.0. The summed E-state index contributed by atoms with van der Waals surface area (Å²) in [6.45, 7) is 8.22. The van der Waals surface area contributed by atoms with Gasteiger partial charge in [0.25, 0.3) is 0 Å². The maximum absolute atomic E-state index is 4.20. The summed E-state index contributed by atoms with van der Waals surface area (Å²) in [4.78, 5) is 0. The molecule has 1 aliphatic heterocycles. The predicted molar refractivity (Wildman–Crippen MR) is 67.9 cm³/mol. The summed E-state index contributed by atoms with van der Waals surface area (Å²) in [7, 11) is 0. The summed E-state index contributed by atoms with van der Waals surface area (Å²) in [5, 5.41) is 3.54. The van der Waals surface area contributed by atoms with Crippen molar-refractivity contribution in [2.75, 3.05) is 0 Å². The molecule has 3 rings (SSSR count). The van der Waals surface area contributed by atoms with Crippen molar-refractivity contribution in [3.05, 3.63) is 48.2 Å². The smallest absolute Gasteiger partial charge is 0.0595 e. The molecule has 16 heavy (non-hydrogen) atoms. The van der Waals surface area contributed by atoms with Gasteiger partial charge in [0.05, 0.1) is 5.54 Å². The van der Waals surface area contributed by atoms with Gasteiger partial charge in [0, 0.05) is 12.1 Å². The van der Waals surface area contributed by atoms with Gasteiger partial charge in [-0.2, -0.15) is 0 Å². The molecular weight excluding hydrogens is 194 g/mol. The molecule has 2 fully saturated rings. The van der Waals surface area contributed by atoms with E-state index >= 15 is 0 Å². The van der Waals surface area contributed by atoms with Crippen LogP contribution in [0.3, 0.4) is 0 Å². The van der Waals surface area contributed by atoms with Crippen molar-refractivity contribution < 1.29 is 0 Å². The quantitative estimate of drug-likeness (QED) is 0.658. The Bertz CT molecular complexity index is 405. The molecule has 0 unspecified atom stereocenters. The Hall–Kier alpha value is -1.24. The first-order chi connectivity index (χ1) is 7.70. The lowest BCUT2D eigenvalue weighted by atomic mass is 9.62. The van der Waals surface area contributed by atoms with Gasteiger partial charge in [-0.05, 0) is 42.7 Å². The second-order valence-corrected chi connectivity index (χ2v) is 5.38. The third-order valence-electron chi connectivity index (χ3n) is 4.20. The van der Waals surface area contributed by atoms with Crippen molar-refractivity contribution in [1.82, 2.24) is 5.32 Å². The first kappa shape index (κ1) is 9.95. The van der Waals surface area contributed by atoms with Gasteiger partial charge in [0.2, 0.25) is 0 Å². The van der Waals surface area contributed by atoms with Gasteiger partial charge in [0.15, 0.2) is 0 Å². The molecule has 0 aromatic rings. The Balaban J connectivity index is 1.70. The van der Waals surface area contributed by atoms with Crippen LogP contribution in [0.4, 0.5) is 0 Å². The molecule has 0 radical (unpaired) electrons. The van der Waals surface area contributed by atoms with Crippen LogP contribution >= 0.6 is 0 Å². The molecule has 0 aromatic heterocycles. The zero-order chi connectivity index (χ0) is 11.2. The second-order valence-electron chi connectivity index (χ2n) is 5.38. The molecule has 0 amide bonds. The van der Waals surface area contributed by atoms with Crippen molar-refractivity contribution in [1.29, 1.82) is 0 Å². The van der Waals surface area contributed by atoms with Crippen molar-refractivity contribution in [2.24, 2.45) is 5.92 Å². The van der Waals surface area contributed by atoms with Crippen LogP contribution in [0.15, 0.2) is 48.2 Å². The minimum absolute atomic E-state index is 0.202. The Kier molecular flexibility index (Phi) is 2.10. The molecular formula is C15H19N. The monoisotopic (exact) mass is 213 g/mol. The highest BCUT2D eigenvalue weighted by molar-refractivity contribution is 5.40. The fourth-order valence-corrected chi connectivity index (χ4v) is 3.24. The van der Waals surface area contributed by atoms with E-state index in [9.17, 15) is 0 Å². The van der Waals surface area contributed by atoms with Crippen LogP contribution in [-0.4, -0.2) is 5.54 Å². The largest absolute Gasteiger partial charge is 0.379 e. The number of hydrogen-bond donors (Lipinski definition) is 1. The molecule has 0 bridgehead atoms. The van der Waals surface area contributed by atoms with Crippen LogP contribution in [0.2, 0.25) is 0 Å². The first-order valence-electron chi connectivity index (χ1n) is 6.20. The van der Waals surface area contributed by atoms with Crippen LogP contribution < -0.4 is 5.32 Å². The van der Waals surface area contributed by atoms with E-state index in [0.29, 0.717) is 0 Å². The summed E-state index contributed by atoms with van der Waals surface area (Å²) in [5.41, 5.74) is 4.24. The summed E-state index contributed by atoms with van der Waals surface area (Å²) < 4.78 is 0. The van der Waals surface area contributed by atoms with Gasteiger partial charge >= 0.3 is 0 Å². The van der Waals surface area contributed by atoms with Crippen LogP contribution in [0, 0.1) is 5.92 Å². The topological polar surface area (TPSA) is 12.0 Å². The van der Waals surface area contributed by atoms with Gasteiger partial charge in [-0.15, -0.1) is 0 Å². The molecule has 2 aliphatic carbocycles. The lowest BCUT2D eigenvalue weighted by Gasteiger charge is -2.47. The molecule has 1 saturated heterocycles. The maximum Gasteiger partial charge on any atom is 0.0595 e. The highest BCUT2D eigenvalue weighted by Gasteiger charge is 2.49. The van der Waals surface area contributed by atoms with Gasteiger partial charge in [0.1, 0.15) is 0 Å². The van der Waals surface area contributed by atoms with E-state index in [1.165, 1.54) is 31.3 Å². The van der Waals surface area contributed by atoms with E-state index in [-0.39, 0.29) is 5.54 Å². The lowest BCUT2D eigenvalue weighted by Crippen LogP contribution is -2.52. The van der Waals surface area contributed by atoms with Crippen molar-refractivity contribution in [2.45, 2.75) is 37.6 Å². The zero-order valence-electron chi connectivity index (χ0n) is 9.76. The molecule has 1 heteroatoms. The molecule has 0 atom stereocenters. The Labute approximate surface area is 97.6 Å². The number of nitrogens with one attached hydrogen (secondary N) is 1. The van der Waals surface area contributed by atoms with E-state index in [0.717, 1.165) is 18.0 Å². The fourth-order valence-electron chi connectivity index (χ4n) is 3.24. The minimum Gasteiger partial charge on any atom is -0.379 e. The second kappa shape index (κ2) is 3.38. The predicted octanol–water partition coefficient (Wildman–Crippen LogP) is 3.47. The number of allylic oxidation sites excluding steroid dienone is 5. The summed E-state index contributed by atoms with van der Waals surface area (Å²) >= 11 is 0. The average Bonchev–Trinajstić information content (AvgIpc) is 2.53. The Morgan fingerprint density at radius 2 is 2.06 bits per heavy atom. The summed E-state index contributed by atoms with van der Waals surface area (Å²) in [6, 6.07) is 0. The first-order valence-corrected chi connectivity index (χ1v) is 6.20. The molecule has 3 aliphatic rings. The van der Waals surface area contributed by atoms with Crippen LogP contribution in [0.25, 0.3) is 0 Å². The maximum atomic E-state index is 4.20. The standard InChI is InChI=1S/C15H19N/c1-11-8-12(2)16-15(11)9-14(10-15)13-6-4-3-5-7-13/h4,6-7,14,16H,1-3,5,8-10H2. The average molecular weight is 213 g/mol. The number of hydrogen-bond acceptors (Lipinski definition) is 1. The van der Waals surface area contributed by atoms with Crippen molar-refractivity contribution >= 4 is 0 Å². The normalized spacial score (nSPS) is 37.2. The number of rotatable bonds is 1. The third-order valence-corrected chi connectivity index (χ3v) is 4.20. The van der Waals surface area contributed by atoms with Crippen LogP contribution in [0.1, 0.15) is 32.1 Å². The molecule has 1 heterocycles. The highest BCUT2D eigenvalue weighted by Crippen LogP contribution is 2.51. The van der Waals surface area contributed by atoms with Crippen LogP contribution in [-0.2, 0) is 0 Å². The fraction of sp³-hybridized carbons (Fsp3) is 0.467. The molecule has 1 saturated carbocycles. The zero-order valence-corrected chi connectivity index (χ0v) is 9.76.